The molecule has 4 rings (SSSR count). The first-order valence-corrected chi connectivity index (χ1v) is 10.8. The quantitative estimate of drug-likeness (QED) is 0.503. The number of alkyl halides is 2. The summed E-state index contributed by atoms with van der Waals surface area (Å²) in [5, 5.41) is 3.05. The molecule has 0 spiro atoms. The second kappa shape index (κ2) is 10.6. The number of carbonyl (C=O) groups excluding carboxylic acids is 2. The van der Waals surface area contributed by atoms with Gasteiger partial charge in [-0.3, -0.25) is 9.78 Å². The molecule has 0 radical (unpaired) electrons. The summed E-state index contributed by atoms with van der Waals surface area (Å²) in [6.07, 6.45) is 4.02. The molecule has 2 saturated heterocycles. The molecule has 2 aliphatic rings. The van der Waals surface area contributed by atoms with Crippen molar-refractivity contribution < 1.29 is 75.2 Å². The first-order chi connectivity index (χ1) is 14.2. The smallest absolute Gasteiger partial charge is 0.870 e. The molecule has 2 aromatic heterocycles. The predicted octanol–water partition coefficient (Wildman–Crippen LogP) is 1.41. The van der Waals surface area contributed by atoms with E-state index in [9.17, 15) is 18.4 Å². The summed E-state index contributed by atoms with van der Waals surface area (Å²) in [4.78, 5) is 35.0. The first-order valence-electron chi connectivity index (χ1n) is 9.96. The fourth-order valence-corrected chi connectivity index (χ4v) is 5.23. The zero-order chi connectivity index (χ0) is 21.6. The van der Waals surface area contributed by atoms with Crippen LogP contribution in [0.5, 0.6) is 0 Å². The van der Waals surface area contributed by atoms with Gasteiger partial charge in [-0.15, -0.1) is 11.3 Å². The number of pyridine rings is 1. The number of amides is 1. The number of thiazole rings is 1. The Morgan fingerprint density at radius 2 is 1.84 bits per heavy atom. The Bertz CT molecular complexity index is 976. The molecule has 2 fully saturated rings. The van der Waals surface area contributed by atoms with Crippen LogP contribution in [0.25, 0.3) is 10.4 Å². The van der Waals surface area contributed by atoms with E-state index in [2.05, 4.69) is 15.3 Å². The molecule has 4 heterocycles. The van der Waals surface area contributed by atoms with Gasteiger partial charge in [0.15, 0.2) is 0 Å². The van der Waals surface area contributed by atoms with Crippen molar-refractivity contribution in [2.24, 2.45) is 0 Å². The summed E-state index contributed by atoms with van der Waals surface area (Å²) >= 11 is 0.897. The second-order valence-electron chi connectivity index (χ2n) is 8.81. The third-order valence-electron chi connectivity index (χ3n) is 5.52. The summed E-state index contributed by atoms with van der Waals surface area (Å²) in [6.45, 7) is 5.71. The van der Waals surface area contributed by atoms with E-state index in [0.29, 0.717) is 5.82 Å². The molecule has 2 N–H and O–H groups in total. The monoisotopic (exact) mass is 489 g/mol. The van der Waals surface area contributed by atoms with Gasteiger partial charge < -0.3 is 20.5 Å². The van der Waals surface area contributed by atoms with Crippen LogP contribution in [0.1, 0.15) is 73.9 Å². The molecule has 1 amide bonds. The molecule has 0 aromatic carbocycles. The topological polar surface area (TPSA) is 105 Å². The molecule has 11 heteroatoms. The molecule has 7 nitrogen and oxygen atoms in total. The third kappa shape index (κ3) is 5.45. The largest absolute Gasteiger partial charge is 1.00 e. The minimum absolute atomic E-state index is 0. The van der Waals surface area contributed by atoms with E-state index in [1.165, 1.54) is 12.3 Å². The molecule has 0 saturated carbocycles. The molecule has 32 heavy (non-hydrogen) atoms. The molecule has 0 unspecified atom stereocenters. The molecule has 168 valence electrons. The van der Waals surface area contributed by atoms with Gasteiger partial charge in [0.1, 0.15) is 11.5 Å². The number of hydrogen-bond donors (Lipinski definition) is 1. The van der Waals surface area contributed by atoms with Crippen LogP contribution in [0.15, 0.2) is 12.3 Å². The van der Waals surface area contributed by atoms with E-state index in [1.54, 1.807) is 6.29 Å². The SMILES string of the molecule is CC(C)(C)Nc1cc(C(F)F)c(-c2sc([C-]=O)nc2C(=O)N2C3CCC2CC3)cn1.[K+].[OH-]. The number of nitrogens with zero attached hydrogens (tertiary/aromatic N) is 3. The van der Waals surface area contributed by atoms with Crippen molar-refractivity contribution >= 4 is 29.3 Å². The Kier molecular flexibility index (Phi) is 9.10. The molecule has 2 aliphatic heterocycles. The van der Waals surface area contributed by atoms with Crippen LogP contribution in [-0.4, -0.2) is 50.2 Å². The second-order valence-corrected chi connectivity index (χ2v) is 9.81. The maximum atomic E-state index is 13.9. The minimum atomic E-state index is -2.78. The summed E-state index contributed by atoms with van der Waals surface area (Å²) in [6, 6.07) is 1.61. The van der Waals surface area contributed by atoms with Crippen molar-refractivity contribution in [3.05, 3.63) is 28.5 Å². The number of rotatable bonds is 5. The van der Waals surface area contributed by atoms with Gasteiger partial charge in [-0.2, -0.15) is 0 Å². The number of carbonyl (C=O) groups is 1. The predicted molar refractivity (Wildman–Crippen MR) is 113 cm³/mol. The zero-order valence-electron chi connectivity index (χ0n) is 18.5. The summed E-state index contributed by atoms with van der Waals surface area (Å²) in [5.74, 6) is 0.0172. The fraction of sp³-hybridized carbons (Fsp3) is 0.524. The van der Waals surface area contributed by atoms with Crippen LogP contribution in [0.2, 0.25) is 0 Å². The molecular formula is C21H24F2KN4O3S-. The van der Waals surface area contributed by atoms with Gasteiger partial charge in [0.2, 0.25) is 0 Å². The van der Waals surface area contributed by atoms with Crippen molar-refractivity contribution in [2.75, 3.05) is 5.32 Å². The molecular weight excluding hydrogens is 465 g/mol. The van der Waals surface area contributed by atoms with Gasteiger partial charge in [-0.25, -0.2) is 20.1 Å². The molecule has 2 aromatic rings. The van der Waals surface area contributed by atoms with Crippen molar-refractivity contribution in [3.8, 4) is 10.4 Å². The number of fused-ring (bicyclic) bond motifs is 2. The summed E-state index contributed by atoms with van der Waals surface area (Å²) < 4.78 is 27.9. The Morgan fingerprint density at radius 1 is 1.25 bits per heavy atom. The van der Waals surface area contributed by atoms with Crippen molar-refractivity contribution in [1.29, 1.82) is 0 Å². The van der Waals surface area contributed by atoms with E-state index >= 15 is 0 Å². The number of aromatic nitrogens is 2. The first kappa shape index (κ1) is 27.4. The Balaban J connectivity index is 0.00000181. The van der Waals surface area contributed by atoms with Gasteiger partial charge in [-0.05, 0) is 57.5 Å². The fourth-order valence-electron chi connectivity index (χ4n) is 4.35. The number of anilines is 1. The Labute approximate surface area is 232 Å². The van der Waals surface area contributed by atoms with Gasteiger partial charge in [0, 0.05) is 34.9 Å². The van der Waals surface area contributed by atoms with E-state index in [4.69, 9.17) is 0 Å². The average Bonchev–Trinajstić information content (AvgIpc) is 3.40. The number of halogens is 2. The van der Waals surface area contributed by atoms with E-state index in [0.717, 1.165) is 37.0 Å². The Hall–Kier alpha value is -0.824. The standard InChI is InChI=1S/C21H23F2N4O2S.K.H2O/c1-21(2,3)26-15-8-13(19(22)23)14(9-24-15)18-17(25-16(10-28)30-18)20(29)27-11-4-5-12(27)7-6-11;;/h8-9,11-12,19H,4-7H2,1-3H3,(H,24,26);;1H2/q-1;+1;/p-1. The van der Waals surface area contributed by atoms with Crippen molar-refractivity contribution in [2.45, 2.75) is 70.5 Å². The van der Waals surface area contributed by atoms with Crippen molar-refractivity contribution in [3.63, 3.8) is 0 Å². The number of hydrogen-bond acceptors (Lipinski definition) is 7. The van der Waals surface area contributed by atoms with Crippen molar-refractivity contribution in [1.82, 2.24) is 14.9 Å². The third-order valence-corrected chi connectivity index (χ3v) is 6.51. The van der Waals surface area contributed by atoms with Crippen LogP contribution in [0.4, 0.5) is 14.6 Å². The maximum Gasteiger partial charge on any atom is 1.00 e. The number of nitrogens with one attached hydrogen (secondary N) is 1. The van der Waals surface area contributed by atoms with Gasteiger partial charge >= 0.3 is 51.4 Å². The van der Waals surface area contributed by atoms with Crippen LogP contribution >= 0.6 is 11.3 Å². The van der Waals surface area contributed by atoms with Crippen LogP contribution in [0, 0.1) is 0 Å². The maximum absolute atomic E-state index is 13.9. The Morgan fingerprint density at radius 3 is 2.34 bits per heavy atom. The van der Waals surface area contributed by atoms with Crippen LogP contribution < -0.4 is 56.7 Å². The van der Waals surface area contributed by atoms with Gasteiger partial charge in [-0.1, -0.05) is 0 Å². The molecule has 0 atom stereocenters. The van der Waals surface area contributed by atoms with Gasteiger partial charge in [0.05, 0.1) is 4.88 Å². The summed E-state index contributed by atoms with van der Waals surface area (Å²) in [5.41, 5.74) is -0.444. The average molecular weight is 490 g/mol. The summed E-state index contributed by atoms with van der Waals surface area (Å²) in [7, 11) is 0. The van der Waals surface area contributed by atoms with E-state index in [1.807, 2.05) is 25.7 Å². The molecule has 2 bridgehead atoms. The zero-order valence-corrected chi connectivity index (χ0v) is 22.4. The van der Waals surface area contributed by atoms with Crippen LogP contribution in [0.3, 0.4) is 0 Å². The normalized spacial score (nSPS) is 19.5. The van der Waals surface area contributed by atoms with E-state index in [-0.39, 0.29) is 107 Å². The van der Waals surface area contributed by atoms with E-state index < -0.39 is 6.43 Å². The minimum Gasteiger partial charge on any atom is -0.870 e. The van der Waals surface area contributed by atoms with Crippen LogP contribution in [-0.2, 0) is 4.79 Å². The molecule has 0 aliphatic carbocycles. The van der Waals surface area contributed by atoms with Gasteiger partial charge in [0.25, 0.3) is 12.3 Å².